The minimum absolute atomic E-state index is 0.0911. The summed E-state index contributed by atoms with van der Waals surface area (Å²) >= 11 is 0. The summed E-state index contributed by atoms with van der Waals surface area (Å²) in [6.45, 7) is 0.658. The van der Waals surface area contributed by atoms with Crippen LogP contribution in [0.5, 0.6) is 5.75 Å². The van der Waals surface area contributed by atoms with E-state index in [4.69, 9.17) is 9.47 Å². The first-order valence-corrected chi connectivity index (χ1v) is 9.22. The first kappa shape index (κ1) is 15.2. The molecule has 1 aromatic rings. The summed E-state index contributed by atoms with van der Waals surface area (Å²) in [5, 5.41) is 0. The Labute approximate surface area is 147 Å². The molecule has 5 nitrogen and oxygen atoms in total. The summed E-state index contributed by atoms with van der Waals surface area (Å²) in [7, 11) is 1.45. The molecule has 0 aromatic heterocycles. The third-order valence-electron chi connectivity index (χ3n) is 7.01. The van der Waals surface area contributed by atoms with Crippen molar-refractivity contribution in [2.75, 3.05) is 13.7 Å². The van der Waals surface area contributed by atoms with Crippen molar-refractivity contribution in [1.29, 1.82) is 0 Å². The number of carbonyl (C=O) groups is 2. The molecule has 3 fully saturated rings. The Morgan fingerprint density at radius 2 is 1.88 bits per heavy atom. The molecule has 132 valence electrons. The maximum atomic E-state index is 13.6. The fourth-order valence-corrected chi connectivity index (χ4v) is 5.74. The minimum atomic E-state index is -0.423. The van der Waals surface area contributed by atoms with Crippen LogP contribution in [-0.2, 0) is 14.3 Å². The van der Waals surface area contributed by atoms with Crippen LogP contribution in [0, 0.1) is 10.8 Å². The first-order chi connectivity index (χ1) is 12.1. The van der Waals surface area contributed by atoms with Crippen LogP contribution in [0.3, 0.4) is 0 Å². The molecule has 2 aliphatic carbocycles. The Morgan fingerprint density at radius 3 is 2.64 bits per heavy atom. The molecule has 2 heterocycles. The van der Waals surface area contributed by atoms with E-state index in [0.29, 0.717) is 13.0 Å². The number of esters is 1. The van der Waals surface area contributed by atoms with Crippen LogP contribution in [0.4, 0.5) is 0 Å². The van der Waals surface area contributed by atoms with Crippen molar-refractivity contribution in [3.63, 3.8) is 0 Å². The smallest absolute Gasteiger partial charge is 0.311 e. The number of carbonyl (C=O) groups excluding carboxylic acids is 2. The molecule has 1 aromatic carbocycles. The fourth-order valence-electron chi connectivity index (χ4n) is 5.74. The normalized spacial score (nSPS) is 37.6. The Hall–Kier alpha value is -2.04. The highest BCUT2D eigenvalue weighted by molar-refractivity contribution is 5.88. The lowest BCUT2D eigenvalue weighted by Gasteiger charge is -2.34. The molecule has 0 radical (unpaired) electrons. The van der Waals surface area contributed by atoms with Gasteiger partial charge in [0.1, 0.15) is 11.9 Å². The van der Waals surface area contributed by atoms with Crippen LogP contribution in [0.15, 0.2) is 24.3 Å². The SMILES string of the molecule is COC(=O)C12CCC(C(=O)N3C[C@@H]4C[C@H]3c3ccccc3O4)(CC1)C2. The largest absolute Gasteiger partial charge is 0.488 e. The van der Waals surface area contributed by atoms with Crippen LogP contribution >= 0.6 is 0 Å². The van der Waals surface area contributed by atoms with E-state index >= 15 is 0 Å². The van der Waals surface area contributed by atoms with E-state index in [2.05, 4.69) is 6.07 Å². The number of amides is 1. The van der Waals surface area contributed by atoms with Crippen molar-refractivity contribution in [2.24, 2.45) is 10.8 Å². The van der Waals surface area contributed by atoms with E-state index in [9.17, 15) is 9.59 Å². The van der Waals surface area contributed by atoms with Gasteiger partial charge < -0.3 is 14.4 Å². The second-order valence-corrected chi connectivity index (χ2v) is 8.22. The summed E-state index contributed by atoms with van der Waals surface area (Å²) in [5.74, 6) is 1.01. The van der Waals surface area contributed by atoms with Crippen molar-refractivity contribution >= 4 is 11.9 Å². The second-order valence-electron chi connectivity index (χ2n) is 8.22. The van der Waals surface area contributed by atoms with Gasteiger partial charge in [0, 0.05) is 12.0 Å². The number of ether oxygens (including phenoxy) is 2. The van der Waals surface area contributed by atoms with Crippen molar-refractivity contribution in [1.82, 2.24) is 4.90 Å². The van der Waals surface area contributed by atoms with Gasteiger partial charge in [0.05, 0.1) is 30.5 Å². The summed E-state index contributed by atoms with van der Waals surface area (Å²) in [5.41, 5.74) is 0.324. The summed E-state index contributed by atoms with van der Waals surface area (Å²) in [4.78, 5) is 27.8. The second kappa shape index (κ2) is 4.99. The van der Waals surface area contributed by atoms with Crippen LogP contribution in [-0.4, -0.2) is 36.5 Å². The zero-order valence-corrected chi connectivity index (χ0v) is 14.5. The van der Waals surface area contributed by atoms with Crippen molar-refractivity contribution in [2.45, 2.75) is 50.7 Å². The minimum Gasteiger partial charge on any atom is -0.488 e. The number of methoxy groups -OCH3 is 1. The van der Waals surface area contributed by atoms with E-state index in [-0.39, 0.29) is 29.4 Å². The number of hydrogen-bond donors (Lipinski definition) is 0. The quantitative estimate of drug-likeness (QED) is 0.776. The van der Waals surface area contributed by atoms with Crippen molar-refractivity contribution in [3.8, 4) is 5.75 Å². The zero-order valence-electron chi connectivity index (χ0n) is 14.5. The van der Waals surface area contributed by atoms with E-state index in [0.717, 1.165) is 43.4 Å². The monoisotopic (exact) mass is 341 g/mol. The van der Waals surface area contributed by atoms with Crippen LogP contribution < -0.4 is 4.74 Å². The average molecular weight is 341 g/mol. The molecule has 2 aliphatic heterocycles. The van der Waals surface area contributed by atoms with Crippen LogP contribution in [0.2, 0.25) is 0 Å². The van der Waals surface area contributed by atoms with Gasteiger partial charge in [-0.3, -0.25) is 9.59 Å². The number of benzene rings is 1. The number of fused-ring (bicyclic) bond motifs is 6. The van der Waals surface area contributed by atoms with Gasteiger partial charge in [-0.25, -0.2) is 0 Å². The molecule has 5 heteroatoms. The highest BCUT2D eigenvalue weighted by atomic mass is 16.5. The Kier molecular flexibility index (Phi) is 3.04. The summed E-state index contributed by atoms with van der Waals surface area (Å²) in [6.07, 6.45) is 4.78. The maximum Gasteiger partial charge on any atom is 0.311 e. The highest BCUT2D eigenvalue weighted by Crippen LogP contribution is 2.63. The third kappa shape index (κ3) is 1.95. The predicted molar refractivity (Wildman–Crippen MR) is 89.9 cm³/mol. The number of rotatable bonds is 2. The van der Waals surface area contributed by atoms with Gasteiger partial charge in [-0.15, -0.1) is 0 Å². The lowest BCUT2D eigenvalue weighted by atomic mass is 9.81. The summed E-state index contributed by atoms with van der Waals surface area (Å²) < 4.78 is 11.1. The van der Waals surface area contributed by atoms with Gasteiger partial charge in [0.2, 0.25) is 5.91 Å². The lowest BCUT2D eigenvalue weighted by molar-refractivity contribution is -0.152. The molecular formula is C20H23NO4. The highest BCUT2D eigenvalue weighted by Gasteiger charge is 2.63. The summed E-state index contributed by atoms with van der Waals surface area (Å²) in [6, 6.07) is 8.17. The van der Waals surface area contributed by atoms with Crippen LogP contribution in [0.1, 0.15) is 50.1 Å². The zero-order chi connectivity index (χ0) is 17.2. The van der Waals surface area contributed by atoms with E-state index in [1.54, 1.807) is 0 Å². The number of para-hydroxylation sites is 1. The van der Waals surface area contributed by atoms with E-state index in [1.807, 2.05) is 23.1 Å². The average Bonchev–Trinajstić information content (AvgIpc) is 3.32. The molecular weight excluding hydrogens is 318 g/mol. The number of nitrogens with zero attached hydrogens (tertiary/aromatic N) is 1. The molecule has 5 rings (SSSR count). The molecule has 2 saturated carbocycles. The van der Waals surface area contributed by atoms with Gasteiger partial charge in [-0.05, 0) is 38.2 Å². The van der Waals surface area contributed by atoms with Gasteiger partial charge in [-0.2, -0.15) is 0 Å². The maximum absolute atomic E-state index is 13.6. The molecule has 1 saturated heterocycles. The van der Waals surface area contributed by atoms with Crippen molar-refractivity contribution < 1.29 is 19.1 Å². The van der Waals surface area contributed by atoms with E-state index in [1.165, 1.54) is 7.11 Å². The molecule has 2 atom stereocenters. The Morgan fingerprint density at radius 1 is 1.16 bits per heavy atom. The molecule has 25 heavy (non-hydrogen) atoms. The fraction of sp³-hybridized carbons (Fsp3) is 0.600. The van der Waals surface area contributed by atoms with Gasteiger partial charge >= 0.3 is 5.97 Å². The van der Waals surface area contributed by atoms with Gasteiger partial charge in [0.25, 0.3) is 0 Å². The molecule has 0 spiro atoms. The lowest BCUT2D eigenvalue weighted by Crippen LogP contribution is -2.41. The molecule has 4 bridgehead atoms. The molecule has 4 aliphatic rings. The molecule has 0 N–H and O–H groups in total. The Balaban J connectivity index is 1.44. The number of hydrogen-bond acceptors (Lipinski definition) is 4. The topological polar surface area (TPSA) is 55.8 Å². The van der Waals surface area contributed by atoms with E-state index < -0.39 is 5.41 Å². The standard InChI is InChI=1S/C20H23NO4/c1-24-18(23)20-8-6-19(12-20,7-9-20)17(22)21-11-13-10-15(21)14-4-2-3-5-16(14)25-13/h2-5,13,15H,6-12H2,1H3/t13-,15-,19?,20?/m0/s1. The molecule has 0 unspecified atom stereocenters. The van der Waals surface area contributed by atoms with Crippen molar-refractivity contribution in [3.05, 3.63) is 29.8 Å². The Bertz CT molecular complexity index is 750. The third-order valence-corrected chi connectivity index (χ3v) is 7.01. The molecule has 1 amide bonds. The van der Waals surface area contributed by atoms with Gasteiger partial charge in [-0.1, -0.05) is 18.2 Å². The van der Waals surface area contributed by atoms with Crippen LogP contribution in [0.25, 0.3) is 0 Å². The predicted octanol–water partition coefficient (Wildman–Crippen LogP) is 2.84. The van der Waals surface area contributed by atoms with Gasteiger partial charge in [0.15, 0.2) is 0 Å². The first-order valence-electron chi connectivity index (χ1n) is 9.22. The number of likely N-dealkylation sites (tertiary alicyclic amines) is 1.